The lowest BCUT2D eigenvalue weighted by molar-refractivity contribution is 0.219. The van der Waals surface area contributed by atoms with Crippen molar-refractivity contribution in [3.8, 4) is 6.07 Å². The number of aryl methyl sites for hydroxylation is 2. The van der Waals surface area contributed by atoms with Crippen LogP contribution in [-0.2, 0) is 12.8 Å². The zero-order chi connectivity index (χ0) is 14.6. The summed E-state index contributed by atoms with van der Waals surface area (Å²) in [5.74, 6) is 1.97. The second-order valence-corrected chi connectivity index (χ2v) is 5.57. The van der Waals surface area contributed by atoms with Gasteiger partial charge in [0.05, 0.1) is 12.1 Å². The molecule has 5 nitrogen and oxygen atoms in total. The van der Waals surface area contributed by atoms with Crippen LogP contribution in [0.2, 0.25) is 0 Å². The number of hydrogen-bond acceptors (Lipinski definition) is 4. The topological polar surface area (TPSA) is 66.5 Å². The molecule has 110 valence electrons. The monoisotopic (exact) mass is 275 g/mol. The summed E-state index contributed by atoms with van der Waals surface area (Å²) in [6.45, 7) is 7.09. The standard InChI is InChI=1S/C15H25N5/c1-4-13-18-14(5-2)20(19-13)12-8-7-9-15(10-12,11-16)17-6-3/h12,17H,4-10H2,1-3H3. The predicted octanol–water partition coefficient (Wildman–Crippen LogP) is 2.39. The van der Waals surface area contributed by atoms with Crippen LogP contribution in [0.3, 0.4) is 0 Å². The first kappa shape index (κ1) is 15.0. The van der Waals surface area contributed by atoms with Crippen LogP contribution >= 0.6 is 0 Å². The molecule has 0 spiro atoms. The van der Waals surface area contributed by atoms with Crippen molar-refractivity contribution in [1.82, 2.24) is 20.1 Å². The van der Waals surface area contributed by atoms with E-state index >= 15 is 0 Å². The predicted molar refractivity (Wildman–Crippen MR) is 78.3 cm³/mol. The molecule has 1 aliphatic carbocycles. The van der Waals surface area contributed by atoms with Crippen molar-refractivity contribution < 1.29 is 0 Å². The molecule has 1 aliphatic rings. The molecule has 1 aromatic rings. The van der Waals surface area contributed by atoms with Crippen molar-refractivity contribution in [3.63, 3.8) is 0 Å². The van der Waals surface area contributed by atoms with Gasteiger partial charge in [-0.15, -0.1) is 0 Å². The third-order valence-electron chi connectivity index (χ3n) is 4.18. The van der Waals surface area contributed by atoms with E-state index in [2.05, 4.69) is 46.9 Å². The Labute approximate surface area is 121 Å². The third kappa shape index (κ3) is 2.85. The van der Waals surface area contributed by atoms with E-state index in [9.17, 15) is 5.26 Å². The molecular formula is C15H25N5. The smallest absolute Gasteiger partial charge is 0.150 e. The van der Waals surface area contributed by atoms with Gasteiger partial charge in [-0.3, -0.25) is 5.32 Å². The molecule has 2 atom stereocenters. The molecular weight excluding hydrogens is 250 g/mol. The molecule has 1 fully saturated rings. The summed E-state index contributed by atoms with van der Waals surface area (Å²) in [6, 6.07) is 2.80. The number of aromatic nitrogens is 3. The van der Waals surface area contributed by atoms with E-state index in [1.54, 1.807) is 0 Å². The molecule has 0 radical (unpaired) electrons. The minimum Gasteiger partial charge on any atom is -0.300 e. The van der Waals surface area contributed by atoms with E-state index in [-0.39, 0.29) is 5.54 Å². The number of nitrogens with one attached hydrogen (secondary N) is 1. The molecule has 0 amide bonds. The highest BCUT2D eigenvalue weighted by Gasteiger charge is 2.37. The van der Waals surface area contributed by atoms with E-state index in [4.69, 9.17) is 0 Å². The summed E-state index contributed by atoms with van der Waals surface area (Å²) in [5.41, 5.74) is -0.388. The van der Waals surface area contributed by atoms with Crippen molar-refractivity contribution in [2.24, 2.45) is 0 Å². The van der Waals surface area contributed by atoms with Crippen LogP contribution in [0.5, 0.6) is 0 Å². The first-order valence-corrected chi connectivity index (χ1v) is 7.78. The third-order valence-corrected chi connectivity index (χ3v) is 4.18. The maximum Gasteiger partial charge on any atom is 0.150 e. The van der Waals surface area contributed by atoms with E-state index in [1.807, 2.05) is 0 Å². The SMILES string of the molecule is CCNC1(C#N)CCCC(n2nc(CC)nc2CC)C1. The average Bonchev–Trinajstić information content (AvgIpc) is 2.91. The van der Waals surface area contributed by atoms with E-state index in [1.165, 1.54) is 0 Å². The van der Waals surface area contributed by atoms with Crippen molar-refractivity contribution in [2.45, 2.75) is 70.9 Å². The van der Waals surface area contributed by atoms with Gasteiger partial charge in [-0.1, -0.05) is 20.8 Å². The summed E-state index contributed by atoms with van der Waals surface area (Å²) < 4.78 is 2.08. The van der Waals surface area contributed by atoms with Crippen molar-refractivity contribution >= 4 is 0 Å². The van der Waals surface area contributed by atoms with E-state index < -0.39 is 0 Å². The molecule has 0 bridgehead atoms. The number of nitriles is 1. The summed E-state index contributed by atoms with van der Waals surface area (Å²) >= 11 is 0. The van der Waals surface area contributed by atoms with Gasteiger partial charge in [0.2, 0.25) is 0 Å². The Morgan fingerprint density at radius 3 is 2.80 bits per heavy atom. The Balaban J connectivity index is 2.24. The normalized spacial score (nSPS) is 26.4. The molecule has 0 aromatic carbocycles. The van der Waals surface area contributed by atoms with Crippen LogP contribution in [0.15, 0.2) is 0 Å². The molecule has 2 unspecified atom stereocenters. The van der Waals surface area contributed by atoms with Crippen molar-refractivity contribution in [1.29, 1.82) is 5.26 Å². The summed E-state index contributed by atoms with van der Waals surface area (Å²) in [5, 5.41) is 17.6. The molecule has 5 heteroatoms. The van der Waals surface area contributed by atoms with E-state index in [0.717, 1.165) is 56.7 Å². The average molecular weight is 275 g/mol. The maximum absolute atomic E-state index is 9.56. The lowest BCUT2D eigenvalue weighted by atomic mass is 9.80. The van der Waals surface area contributed by atoms with Gasteiger partial charge in [-0.2, -0.15) is 10.4 Å². The highest BCUT2D eigenvalue weighted by Crippen LogP contribution is 2.35. The van der Waals surface area contributed by atoms with Gasteiger partial charge in [0.15, 0.2) is 5.82 Å². The van der Waals surface area contributed by atoms with Crippen LogP contribution in [0.4, 0.5) is 0 Å². The zero-order valence-corrected chi connectivity index (χ0v) is 12.8. The number of nitrogens with zero attached hydrogens (tertiary/aromatic N) is 4. The molecule has 1 heterocycles. The van der Waals surface area contributed by atoms with Gasteiger partial charge in [-0.05, 0) is 25.8 Å². The van der Waals surface area contributed by atoms with Crippen LogP contribution < -0.4 is 5.32 Å². The van der Waals surface area contributed by atoms with Gasteiger partial charge in [0.25, 0.3) is 0 Å². The Morgan fingerprint density at radius 2 is 2.20 bits per heavy atom. The van der Waals surface area contributed by atoms with E-state index in [0.29, 0.717) is 6.04 Å². The quantitative estimate of drug-likeness (QED) is 0.896. The molecule has 1 N–H and O–H groups in total. The lowest BCUT2D eigenvalue weighted by Crippen LogP contribution is -2.48. The van der Waals surface area contributed by atoms with Crippen molar-refractivity contribution in [2.75, 3.05) is 6.54 Å². The maximum atomic E-state index is 9.56. The van der Waals surface area contributed by atoms with Crippen molar-refractivity contribution in [3.05, 3.63) is 11.6 Å². The van der Waals surface area contributed by atoms with Gasteiger partial charge < -0.3 is 0 Å². The fraction of sp³-hybridized carbons (Fsp3) is 0.800. The molecule has 1 aromatic heterocycles. The molecule has 20 heavy (non-hydrogen) atoms. The summed E-state index contributed by atoms with van der Waals surface area (Å²) in [6.07, 6.45) is 5.68. The van der Waals surface area contributed by atoms with Crippen LogP contribution in [0.25, 0.3) is 0 Å². The Hall–Kier alpha value is -1.41. The van der Waals surface area contributed by atoms with Gasteiger partial charge in [-0.25, -0.2) is 9.67 Å². The number of rotatable bonds is 5. The van der Waals surface area contributed by atoms with Gasteiger partial charge in [0.1, 0.15) is 11.4 Å². The van der Waals surface area contributed by atoms with Crippen LogP contribution in [-0.4, -0.2) is 26.8 Å². The highest BCUT2D eigenvalue weighted by atomic mass is 15.4. The summed E-state index contributed by atoms with van der Waals surface area (Å²) in [7, 11) is 0. The Bertz CT molecular complexity index is 483. The fourth-order valence-corrected chi connectivity index (χ4v) is 3.18. The largest absolute Gasteiger partial charge is 0.300 e. The molecule has 1 saturated carbocycles. The Kier molecular flexibility index (Phi) is 4.77. The second kappa shape index (κ2) is 6.36. The van der Waals surface area contributed by atoms with Crippen LogP contribution in [0.1, 0.15) is 64.1 Å². The van der Waals surface area contributed by atoms with Gasteiger partial charge >= 0.3 is 0 Å². The molecule has 2 rings (SSSR count). The molecule has 0 saturated heterocycles. The zero-order valence-electron chi connectivity index (χ0n) is 12.8. The molecule has 0 aliphatic heterocycles. The lowest BCUT2D eigenvalue weighted by Gasteiger charge is -2.36. The minimum atomic E-state index is -0.388. The number of hydrogen-bond donors (Lipinski definition) is 1. The second-order valence-electron chi connectivity index (χ2n) is 5.57. The fourth-order valence-electron chi connectivity index (χ4n) is 3.18. The van der Waals surface area contributed by atoms with Gasteiger partial charge in [0, 0.05) is 19.3 Å². The Morgan fingerprint density at radius 1 is 1.40 bits per heavy atom. The first-order valence-electron chi connectivity index (χ1n) is 7.78. The summed E-state index contributed by atoms with van der Waals surface area (Å²) in [4.78, 5) is 4.59. The highest BCUT2D eigenvalue weighted by molar-refractivity contribution is 5.11. The minimum absolute atomic E-state index is 0.296. The van der Waals surface area contributed by atoms with Crippen LogP contribution in [0, 0.1) is 11.3 Å². The first-order chi connectivity index (χ1) is 9.68.